The number of nitrogens with two attached hydrogens (primary N) is 1. The molecular weight excluding hydrogens is 376 g/mol. The summed E-state index contributed by atoms with van der Waals surface area (Å²) in [5.41, 5.74) is 6.09. The van der Waals surface area contributed by atoms with Crippen LogP contribution in [-0.2, 0) is 10.3 Å². The van der Waals surface area contributed by atoms with E-state index < -0.39 is 23.6 Å². The SMILES string of the molecule is CN1C(=O)C(c2cccc(-c3cccnc3)c2)(c2cccc(C(F)F)n2)N=C1N. The van der Waals surface area contributed by atoms with Gasteiger partial charge in [-0.25, -0.2) is 18.8 Å². The Labute approximate surface area is 165 Å². The van der Waals surface area contributed by atoms with Gasteiger partial charge < -0.3 is 5.73 Å². The highest BCUT2D eigenvalue weighted by atomic mass is 19.3. The molecule has 0 aliphatic carbocycles. The van der Waals surface area contributed by atoms with Crippen LogP contribution in [0.1, 0.15) is 23.4 Å². The predicted octanol–water partition coefficient (Wildman–Crippen LogP) is 3.11. The van der Waals surface area contributed by atoms with Crippen molar-refractivity contribution in [3.63, 3.8) is 0 Å². The lowest BCUT2D eigenvalue weighted by Crippen LogP contribution is -2.41. The first kappa shape index (κ1) is 18.7. The number of hydrogen-bond donors (Lipinski definition) is 1. The Morgan fingerprint density at radius 3 is 2.48 bits per heavy atom. The fraction of sp³-hybridized carbons (Fsp3) is 0.143. The maximum absolute atomic E-state index is 13.3. The number of pyridine rings is 2. The number of halogens is 2. The summed E-state index contributed by atoms with van der Waals surface area (Å²) in [6.07, 6.45) is 0.584. The van der Waals surface area contributed by atoms with Gasteiger partial charge in [-0.2, -0.15) is 0 Å². The topological polar surface area (TPSA) is 84.5 Å². The Hall–Kier alpha value is -3.68. The van der Waals surface area contributed by atoms with Crippen LogP contribution in [0.2, 0.25) is 0 Å². The smallest absolute Gasteiger partial charge is 0.280 e. The van der Waals surface area contributed by atoms with Crippen molar-refractivity contribution in [3.8, 4) is 11.1 Å². The molecule has 1 atom stereocenters. The van der Waals surface area contributed by atoms with Gasteiger partial charge in [-0.05, 0) is 41.0 Å². The summed E-state index contributed by atoms with van der Waals surface area (Å²) in [6, 6.07) is 15.0. The first-order chi connectivity index (χ1) is 13.9. The average Bonchev–Trinajstić information content (AvgIpc) is 2.99. The van der Waals surface area contributed by atoms with E-state index in [0.717, 1.165) is 11.1 Å². The van der Waals surface area contributed by atoms with Crippen LogP contribution in [0.3, 0.4) is 0 Å². The van der Waals surface area contributed by atoms with Gasteiger partial charge in [0, 0.05) is 19.4 Å². The molecule has 0 saturated carbocycles. The number of rotatable bonds is 4. The first-order valence-corrected chi connectivity index (χ1v) is 8.83. The second-order valence-corrected chi connectivity index (χ2v) is 6.62. The van der Waals surface area contributed by atoms with Crippen molar-refractivity contribution in [1.29, 1.82) is 0 Å². The van der Waals surface area contributed by atoms with E-state index in [1.165, 1.54) is 30.1 Å². The zero-order valence-corrected chi connectivity index (χ0v) is 15.5. The molecule has 0 radical (unpaired) electrons. The van der Waals surface area contributed by atoms with E-state index in [0.29, 0.717) is 5.56 Å². The highest BCUT2D eigenvalue weighted by molar-refractivity contribution is 6.08. The van der Waals surface area contributed by atoms with Crippen LogP contribution in [0.15, 0.2) is 72.0 Å². The van der Waals surface area contributed by atoms with Crippen molar-refractivity contribution in [2.24, 2.45) is 10.7 Å². The van der Waals surface area contributed by atoms with Gasteiger partial charge in [-0.1, -0.05) is 30.3 Å². The van der Waals surface area contributed by atoms with Crippen LogP contribution in [0.4, 0.5) is 8.78 Å². The lowest BCUT2D eigenvalue weighted by atomic mass is 9.84. The maximum Gasteiger partial charge on any atom is 0.280 e. The number of benzene rings is 1. The monoisotopic (exact) mass is 393 g/mol. The predicted molar refractivity (Wildman–Crippen MR) is 104 cm³/mol. The van der Waals surface area contributed by atoms with E-state index in [4.69, 9.17) is 5.73 Å². The third-order valence-corrected chi connectivity index (χ3v) is 4.88. The minimum atomic E-state index is -2.77. The quantitative estimate of drug-likeness (QED) is 0.738. The number of likely N-dealkylation sites (N-methyl/N-ethyl adjacent to an activating group) is 1. The van der Waals surface area contributed by atoms with Crippen LogP contribution in [-0.4, -0.2) is 33.8 Å². The fourth-order valence-corrected chi connectivity index (χ4v) is 3.38. The molecule has 29 heavy (non-hydrogen) atoms. The standard InChI is InChI=1S/C21H17F2N5O/c1-28-19(29)21(27-20(28)24,17-9-3-8-16(26-17)18(22)23)15-7-2-5-13(11-15)14-6-4-10-25-12-14/h2-12,18H,1H3,(H2,24,27). The molecule has 4 rings (SSSR count). The van der Waals surface area contributed by atoms with Gasteiger partial charge >= 0.3 is 0 Å². The Bertz CT molecular complexity index is 1100. The Morgan fingerprint density at radius 1 is 1.07 bits per heavy atom. The van der Waals surface area contributed by atoms with Gasteiger partial charge in [-0.3, -0.25) is 14.7 Å². The molecular formula is C21H17F2N5O. The van der Waals surface area contributed by atoms with Gasteiger partial charge in [0.2, 0.25) is 5.54 Å². The maximum atomic E-state index is 13.3. The molecule has 1 aliphatic rings. The molecule has 1 aliphatic heterocycles. The van der Waals surface area contributed by atoms with Crippen molar-refractivity contribution in [2.75, 3.05) is 7.05 Å². The van der Waals surface area contributed by atoms with E-state index in [1.54, 1.807) is 36.7 Å². The molecule has 0 fully saturated rings. The van der Waals surface area contributed by atoms with Gasteiger partial charge in [0.05, 0.1) is 5.69 Å². The van der Waals surface area contributed by atoms with Gasteiger partial charge in [-0.15, -0.1) is 0 Å². The van der Waals surface area contributed by atoms with Crippen LogP contribution in [0, 0.1) is 0 Å². The highest BCUT2D eigenvalue weighted by Crippen LogP contribution is 2.40. The summed E-state index contributed by atoms with van der Waals surface area (Å²) in [5, 5.41) is 0. The molecule has 0 spiro atoms. The second-order valence-electron chi connectivity index (χ2n) is 6.62. The molecule has 3 heterocycles. The van der Waals surface area contributed by atoms with E-state index in [-0.39, 0.29) is 11.7 Å². The van der Waals surface area contributed by atoms with E-state index in [1.807, 2.05) is 12.1 Å². The van der Waals surface area contributed by atoms with E-state index in [9.17, 15) is 13.6 Å². The Balaban J connectivity index is 1.95. The summed E-state index contributed by atoms with van der Waals surface area (Å²) in [4.78, 5) is 27.0. The molecule has 1 aromatic carbocycles. The molecule has 2 aromatic heterocycles. The van der Waals surface area contributed by atoms with Crippen molar-refractivity contribution in [2.45, 2.75) is 12.0 Å². The van der Waals surface area contributed by atoms with Crippen LogP contribution in [0.5, 0.6) is 0 Å². The van der Waals surface area contributed by atoms with Gasteiger partial charge in [0.15, 0.2) is 5.96 Å². The summed E-state index contributed by atoms with van der Waals surface area (Å²) < 4.78 is 26.5. The number of alkyl halides is 2. The highest BCUT2D eigenvalue weighted by Gasteiger charge is 2.51. The van der Waals surface area contributed by atoms with Gasteiger partial charge in [0.1, 0.15) is 5.69 Å². The molecule has 0 bridgehead atoms. The molecule has 146 valence electrons. The van der Waals surface area contributed by atoms with Crippen molar-refractivity contribution in [1.82, 2.24) is 14.9 Å². The number of nitrogens with zero attached hydrogens (tertiary/aromatic N) is 4. The second kappa shape index (κ2) is 7.05. The minimum absolute atomic E-state index is 0.00830. The first-order valence-electron chi connectivity index (χ1n) is 8.83. The molecule has 1 unspecified atom stereocenters. The molecule has 2 N–H and O–H groups in total. The number of carbonyl (C=O) groups is 1. The molecule has 0 saturated heterocycles. The van der Waals surface area contributed by atoms with E-state index in [2.05, 4.69) is 15.0 Å². The Morgan fingerprint density at radius 2 is 1.83 bits per heavy atom. The van der Waals surface area contributed by atoms with E-state index >= 15 is 0 Å². The summed E-state index contributed by atoms with van der Waals surface area (Å²) in [5.74, 6) is -0.469. The molecule has 1 amide bonds. The minimum Gasteiger partial charge on any atom is -0.369 e. The lowest BCUT2D eigenvalue weighted by molar-refractivity contribution is -0.129. The largest absolute Gasteiger partial charge is 0.369 e. The lowest BCUT2D eigenvalue weighted by Gasteiger charge is -2.26. The Kier molecular flexibility index (Phi) is 4.54. The number of aliphatic imine (C=N–C) groups is 1. The number of aromatic nitrogens is 2. The third-order valence-electron chi connectivity index (χ3n) is 4.88. The van der Waals surface area contributed by atoms with Crippen molar-refractivity contribution in [3.05, 3.63) is 83.9 Å². The molecule has 8 heteroatoms. The van der Waals surface area contributed by atoms with Crippen molar-refractivity contribution < 1.29 is 13.6 Å². The zero-order chi connectivity index (χ0) is 20.6. The number of hydrogen-bond acceptors (Lipinski definition) is 5. The number of carbonyl (C=O) groups excluding carboxylic acids is 1. The van der Waals surface area contributed by atoms with Crippen LogP contribution in [0.25, 0.3) is 11.1 Å². The third kappa shape index (κ3) is 3.02. The van der Waals surface area contributed by atoms with Crippen LogP contribution >= 0.6 is 0 Å². The number of amides is 1. The fourth-order valence-electron chi connectivity index (χ4n) is 3.38. The van der Waals surface area contributed by atoms with Gasteiger partial charge in [0.25, 0.3) is 12.3 Å². The average molecular weight is 393 g/mol. The normalized spacial score (nSPS) is 19.0. The zero-order valence-electron chi connectivity index (χ0n) is 15.5. The van der Waals surface area contributed by atoms with Crippen LogP contribution < -0.4 is 5.73 Å². The molecule has 6 nitrogen and oxygen atoms in total. The van der Waals surface area contributed by atoms with Crippen molar-refractivity contribution >= 4 is 11.9 Å². The summed E-state index contributed by atoms with van der Waals surface area (Å²) >= 11 is 0. The number of guanidine groups is 1. The summed E-state index contributed by atoms with van der Waals surface area (Å²) in [6.45, 7) is 0. The molecule has 3 aromatic rings. The summed E-state index contributed by atoms with van der Waals surface area (Å²) in [7, 11) is 1.49.